The molecule has 15 heavy (non-hydrogen) atoms. The minimum absolute atomic E-state index is 0.373. The van der Waals surface area contributed by atoms with Gasteiger partial charge in [-0.25, -0.2) is 4.68 Å². The minimum atomic E-state index is 0.373. The molecule has 1 aromatic carbocycles. The third kappa shape index (κ3) is 2.05. The van der Waals surface area contributed by atoms with Crippen molar-refractivity contribution >= 4 is 15.9 Å². The fourth-order valence-corrected chi connectivity index (χ4v) is 1.47. The standard InChI is InChI=1S/C10H7BrN4/c1-2-7-15-10(12-13-14-15)8-3-5-9(11)6-4-8/h1,3-6H,7H2. The van der Waals surface area contributed by atoms with Crippen LogP contribution in [0.3, 0.4) is 0 Å². The average molecular weight is 263 g/mol. The van der Waals surface area contributed by atoms with E-state index in [1.54, 1.807) is 4.68 Å². The maximum absolute atomic E-state index is 5.22. The molecule has 4 nitrogen and oxygen atoms in total. The Balaban J connectivity index is 2.41. The molecule has 0 spiro atoms. The van der Waals surface area contributed by atoms with Crippen LogP contribution in [0, 0.1) is 12.3 Å². The van der Waals surface area contributed by atoms with Gasteiger partial charge in [0.1, 0.15) is 6.54 Å². The maximum atomic E-state index is 5.22. The lowest BCUT2D eigenvalue weighted by Gasteiger charge is -2.00. The van der Waals surface area contributed by atoms with E-state index in [2.05, 4.69) is 37.4 Å². The van der Waals surface area contributed by atoms with Crippen LogP contribution in [0.4, 0.5) is 0 Å². The fraction of sp³-hybridized carbons (Fsp3) is 0.100. The largest absolute Gasteiger partial charge is 0.213 e. The van der Waals surface area contributed by atoms with Crippen molar-refractivity contribution in [1.82, 2.24) is 20.2 Å². The molecule has 1 heterocycles. The van der Waals surface area contributed by atoms with E-state index in [0.717, 1.165) is 10.0 Å². The Morgan fingerprint density at radius 1 is 1.33 bits per heavy atom. The van der Waals surface area contributed by atoms with Gasteiger partial charge in [-0.1, -0.05) is 34.0 Å². The highest BCUT2D eigenvalue weighted by Gasteiger charge is 2.06. The summed E-state index contributed by atoms with van der Waals surface area (Å²) in [5.74, 6) is 3.18. The number of halogens is 1. The van der Waals surface area contributed by atoms with Crippen LogP contribution in [0.25, 0.3) is 11.4 Å². The Morgan fingerprint density at radius 3 is 2.73 bits per heavy atom. The van der Waals surface area contributed by atoms with Gasteiger partial charge < -0.3 is 0 Å². The molecule has 0 aliphatic carbocycles. The van der Waals surface area contributed by atoms with E-state index in [1.165, 1.54) is 0 Å². The summed E-state index contributed by atoms with van der Waals surface area (Å²) < 4.78 is 2.60. The smallest absolute Gasteiger partial charge is 0.182 e. The normalized spacial score (nSPS) is 9.87. The van der Waals surface area contributed by atoms with Crippen LogP contribution in [-0.4, -0.2) is 20.2 Å². The zero-order valence-electron chi connectivity index (χ0n) is 7.76. The number of hydrogen-bond acceptors (Lipinski definition) is 3. The van der Waals surface area contributed by atoms with Crippen LogP contribution in [0.5, 0.6) is 0 Å². The Morgan fingerprint density at radius 2 is 2.07 bits per heavy atom. The molecule has 74 valence electrons. The first-order valence-electron chi connectivity index (χ1n) is 4.27. The van der Waals surface area contributed by atoms with Crippen LogP contribution < -0.4 is 0 Å². The molecule has 0 bridgehead atoms. The molecule has 0 fully saturated rings. The third-order valence-electron chi connectivity index (χ3n) is 1.88. The topological polar surface area (TPSA) is 43.6 Å². The van der Waals surface area contributed by atoms with Crippen molar-refractivity contribution in [3.05, 3.63) is 28.7 Å². The number of terminal acetylenes is 1. The van der Waals surface area contributed by atoms with Crippen LogP contribution in [0.15, 0.2) is 28.7 Å². The number of benzene rings is 1. The molecule has 1 aromatic heterocycles. The predicted molar refractivity (Wildman–Crippen MR) is 59.8 cm³/mol. The van der Waals surface area contributed by atoms with Gasteiger partial charge in [0.15, 0.2) is 5.82 Å². The van der Waals surface area contributed by atoms with Crippen molar-refractivity contribution in [2.75, 3.05) is 0 Å². The van der Waals surface area contributed by atoms with Gasteiger partial charge in [-0.3, -0.25) is 0 Å². The molecule has 0 N–H and O–H groups in total. The highest BCUT2D eigenvalue weighted by Crippen LogP contribution is 2.18. The molecule has 0 aliphatic rings. The number of nitrogens with zero attached hydrogens (tertiary/aromatic N) is 4. The van der Waals surface area contributed by atoms with Crippen molar-refractivity contribution in [3.63, 3.8) is 0 Å². The van der Waals surface area contributed by atoms with E-state index in [9.17, 15) is 0 Å². The second-order valence-corrected chi connectivity index (χ2v) is 3.79. The van der Waals surface area contributed by atoms with Gasteiger partial charge in [0.2, 0.25) is 0 Å². The lowest BCUT2D eigenvalue weighted by Crippen LogP contribution is -2.00. The van der Waals surface area contributed by atoms with Gasteiger partial charge in [0, 0.05) is 10.0 Å². The van der Waals surface area contributed by atoms with Gasteiger partial charge in [0.05, 0.1) is 0 Å². The maximum Gasteiger partial charge on any atom is 0.182 e. The summed E-state index contributed by atoms with van der Waals surface area (Å²) in [6.07, 6.45) is 5.22. The van der Waals surface area contributed by atoms with Crippen LogP contribution in [0.2, 0.25) is 0 Å². The fourth-order valence-electron chi connectivity index (χ4n) is 1.20. The zero-order chi connectivity index (χ0) is 10.7. The Bertz CT molecular complexity index is 495. The van der Waals surface area contributed by atoms with Crippen LogP contribution in [0.1, 0.15) is 0 Å². The van der Waals surface area contributed by atoms with Crippen LogP contribution >= 0.6 is 15.9 Å². The Labute approximate surface area is 95.4 Å². The molecule has 2 aromatic rings. The average Bonchev–Trinajstić information content (AvgIpc) is 2.68. The van der Waals surface area contributed by atoms with Gasteiger partial charge in [-0.2, -0.15) is 0 Å². The molecular weight excluding hydrogens is 256 g/mol. The number of hydrogen-bond donors (Lipinski definition) is 0. The van der Waals surface area contributed by atoms with Crippen LogP contribution in [-0.2, 0) is 6.54 Å². The highest BCUT2D eigenvalue weighted by atomic mass is 79.9. The molecule has 2 rings (SSSR count). The molecule has 0 aliphatic heterocycles. The molecular formula is C10H7BrN4. The second-order valence-electron chi connectivity index (χ2n) is 2.87. The van der Waals surface area contributed by atoms with E-state index >= 15 is 0 Å². The van der Waals surface area contributed by atoms with Crippen molar-refractivity contribution in [2.24, 2.45) is 0 Å². The summed E-state index contributed by atoms with van der Waals surface area (Å²) in [6.45, 7) is 0.373. The first-order valence-corrected chi connectivity index (χ1v) is 5.06. The van der Waals surface area contributed by atoms with Gasteiger partial charge in [-0.15, -0.1) is 11.5 Å². The first-order chi connectivity index (χ1) is 7.31. The second kappa shape index (κ2) is 4.24. The predicted octanol–water partition coefficient (Wildman–Crippen LogP) is 1.74. The van der Waals surface area contributed by atoms with Crippen molar-refractivity contribution in [2.45, 2.75) is 6.54 Å². The Kier molecular flexibility index (Phi) is 2.79. The van der Waals surface area contributed by atoms with E-state index in [4.69, 9.17) is 6.42 Å². The highest BCUT2D eigenvalue weighted by molar-refractivity contribution is 9.10. The number of rotatable bonds is 2. The molecule has 0 unspecified atom stereocenters. The monoisotopic (exact) mass is 262 g/mol. The minimum Gasteiger partial charge on any atom is -0.213 e. The lowest BCUT2D eigenvalue weighted by atomic mass is 10.2. The molecule has 0 atom stereocenters. The molecule has 0 saturated carbocycles. The quantitative estimate of drug-likeness (QED) is 0.775. The van der Waals surface area contributed by atoms with E-state index in [0.29, 0.717) is 12.4 Å². The molecule has 0 radical (unpaired) electrons. The zero-order valence-corrected chi connectivity index (χ0v) is 9.35. The number of aromatic nitrogens is 4. The van der Waals surface area contributed by atoms with E-state index in [1.807, 2.05) is 24.3 Å². The first kappa shape index (κ1) is 9.87. The van der Waals surface area contributed by atoms with E-state index in [-0.39, 0.29) is 0 Å². The summed E-state index contributed by atoms with van der Waals surface area (Å²) in [5, 5.41) is 11.3. The molecule has 0 amide bonds. The third-order valence-corrected chi connectivity index (χ3v) is 2.40. The summed E-state index contributed by atoms with van der Waals surface area (Å²) in [5.41, 5.74) is 0.943. The SMILES string of the molecule is C#CCn1nnnc1-c1ccc(Br)cc1. The van der Waals surface area contributed by atoms with Crippen molar-refractivity contribution < 1.29 is 0 Å². The summed E-state index contributed by atoms with van der Waals surface area (Å²) in [6, 6.07) is 7.74. The van der Waals surface area contributed by atoms with Crippen molar-refractivity contribution in [1.29, 1.82) is 0 Å². The number of tetrazole rings is 1. The Hall–Kier alpha value is -1.67. The van der Waals surface area contributed by atoms with Gasteiger partial charge in [-0.05, 0) is 22.6 Å². The van der Waals surface area contributed by atoms with Gasteiger partial charge in [0.25, 0.3) is 0 Å². The van der Waals surface area contributed by atoms with E-state index < -0.39 is 0 Å². The summed E-state index contributed by atoms with van der Waals surface area (Å²) in [7, 11) is 0. The van der Waals surface area contributed by atoms with Gasteiger partial charge >= 0.3 is 0 Å². The lowest BCUT2D eigenvalue weighted by molar-refractivity contribution is 0.675. The molecule has 5 heteroatoms. The van der Waals surface area contributed by atoms with Crippen molar-refractivity contribution in [3.8, 4) is 23.7 Å². The molecule has 0 saturated heterocycles. The summed E-state index contributed by atoms with van der Waals surface area (Å²) >= 11 is 3.37. The summed E-state index contributed by atoms with van der Waals surface area (Å²) in [4.78, 5) is 0.